The number of carbonyl (C=O) groups excluding carboxylic acids is 2. The first-order chi connectivity index (χ1) is 11.8. The zero-order chi connectivity index (χ0) is 18.6. The maximum atomic E-state index is 12.1. The van der Waals surface area contributed by atoms with E-state index in [4.69, 9.17) is 9.47 Å². The average Bonchev–Trinajstić information content (AvgIpc) is 2.85. The van der Waals surface area contributed by atoms with E-state index in [2.05, 4.69) is 0 Å². The number of ether oxygens (including phenoxy) is 2. The van der Waals surface area contributed by atoms with Crippen molar-refractivity contribution in [3.05, 3.63) is 57.4 Å². The summed E-state index contributed by atoms with van der Waals surface area (Å²) in [6, 6.07) is 7.43. The maximum Gasteiger partial charge on any atom is 0.344 e. The van der Waals surface area contributed by atoms with Crippen molar-refractivity contribution in [3.63, 3.8) is 0 Å². The molecule has 132 valence electrons. The quantitative estimate of drug-likeness (QED) is 0.330. The molecule has 0 aliphatic heterocycles. The van der Waals surface area contributed by atoms with Crippen molar-refractivity contribution in [2.75, 3.05) is 13.2 Å². The topological polar surface area (TPSA) is 101 Å². The second kappa shape index (κ2) is 7.61. The Morgan fingerprint density at radius 3 is 2.48 bits per heavy atom. The minimum atomic E-state index is -0.781. The van der Waals surface area contributed by atoms with Crippen molar-refractivity contribution >= 4 is 17.4 Å². The molecule has 0 spiro atoms. The standard InChI is InChI=1S/C17H18N2O6/c1-11-8-13(12(2)18(11)3)15(20)9-25-17(21)10-24-16-7-5-4-6-14(16)19(22)23/h4-8H,9-10H2,1-3H3. The Bertz CT molecular complexity index is 825. The van der Waals surface area contributed by atoms with Gasteiger partial charge >= 0.3 is 11.7 Å². The van der Waals surface area contributed by atoms with Crippen LogP contribution in [0.3, 0.4) is 0 Å². The van der Waals surface area contributed by atoms with Crippen molar-refractivity contribution in [1.29, 1.82) is 0 Å². The summed E-state index contributed by atoms with van der Waals surface area (Å²) in [4.78, 5) is 34.1. The Balaban J connectivity index is 1.90. The molecule has 0 amide bonds. The highest BCUT2D eigenvalue weighted by Crippen LogP contribution is 2.25. The zero-order valence-electron chi connectivity index (χ0n) is 14.1. The summed E-state index contributed by atoms with van der Waals surface area (Å²) in [6.45, 7) is 2.74. The van der Waals surface area contributed by atoms with Crippen LogP contribution in [-0.4, -0.2) is 34.5 Å². The van der Waals surface area contributed by atoms with Crippen LogP contribution in [0.4, 0.5) is 5.69 Å². The second-order valence-corrected chi connectivity index (χ2v) is 5.44. The predicted molar refractivity (Wildman–Crippen MR) is 88.8 cm³/mol. The van der Waals surface area contributed by atoms with Gasteiger partial charge in [0.1, 0.15) is 0 Å². The summed E-state index contributed by atoms with van der Waals surface area (Å²) < 4.78 is 11.9. The Labute approximate surface area is 144 Å². The third-order valence-corrected chi connectivity index (χ3v) is 3.85. The Hall–Kier alpha value is -3.16. The van der Waals surface area contributed by atoms with Crippen molar-refractivity contribution < 1.29 is 24.0 Å². The molecule has 0 saturated carbocycles. The van der Waals surface area contributed by atoms with Gasteiger partial charge in [-0.2, -0.15) is 0 Å². The molecular weight excluding hydrogens is 328 g/mol. The number of Topliss-reactive ketones (excluding diaryl/α,β-unsaturated/α-hetero) is 1. The lowest BCUT2D eigenvalue weighted by molar-refractivity contribution is -0.385. The number of hydrogen-bond donors (Lipinski definition) is 0. The van der Waals surface area contributed by atoms with Crippen LogP contribution < -0.4 is 4.74 Å². The number of benzene rings is 1. The zero-order valence-corrected chi connectivity index (χ0v) is 14.1. The van der Waals surface area contributed by atoms with Gasteiger partial charge in [-0.05, 0) is 26.0 Å². The first-order valence-corrected chi connectivity index (χ1v) is 7.49. The van der Waals surface area contributed by atoms with E-state index in [1.807, 2.05) is 18.5 Å². The monoisotopic (exact) mass is 346 g/mol. The van der Waals surface area contributed by atoms with Crippen LogP contribution in [0.2, 0.25) is 0 Å². The number of hydrogen-bond acceptors (Lipinski definition) is 6. The molecule has 0 bridgehead atoms. The summed E-state index contributed by atoms with van der Waals surface area (Å²) in [6.07, 6.45) is 0. The second-order valence-electron chi connectivity index (χ2n) is 5.44. The van der Waals surface area contributed by atoms with Crippen LogP contribution in [-0.2, 0) is 16.6 Å². The fourth-order valence-corrected chi connectivity index (χ4v) is 2.27. The normalized spacial score (nSPS) is 10.4. The Kier molecular flexibility index (Phi) is 5.53. The van der Waals surface area contributed by atoms with E-state index in [0.29, 0.717) is 5.56 Å². The highest BCUT2D eigenvalue weighted by atomic mass is 16.6. The van der Waals surface area contributed by atoms with Gasteiger partial charge in [0.25, 0.3) is 0 Å². The van der Waals surface area contributed by atoms with Gasteiger partial charge in [-0.3, -0.25) is 14.9 Å². The van der Waals surface area contributed by atoms with Gasteiger partial charge in [0, 0.05) is 30.1 Å². The SMILES string of the molecule is Cc1cc(C(=O)COC(=O)COc2ccccc2[N+](=O)[O-])c(C)n1C. The number of rotatable bonds is 7. The van der Waals surface area contributed by atoms with E-state index in [1.54, 1.807) is 19.1 Å². The number of esters is 1. The van der Waals surface area contributed by atoms with E-state index in [1.165, 1.54) is 18.2 Å². The molecule has 25 heavy (non-hydrogen) atoms. The molecule has 2 aromatic rings. The Morgan fingerprint density at radius 2 is 1.88 bits per heavy atom. The van der Waals surface area contributed by atoms with E-state index in [9.17, 15) is 19.7 Å². The number of nitro groups is 1. The molecule has 0 atom stereocenters. The predicted octanol–water partition coefficient (Wildman–Crippen LogP) is 2.36. The van der Waals surface area contributed by atoms with Gasteiger partial charge in [-0.15, -0.1) is 0 Å². The van der Waals surface area contributed by atoms with E-state index in [0.717, 1.165) is 11.4 Å². The summed E-state index contributed by atoms with van der Waals surface area (Å²) in [5.41, 5.74) is 1.95. The summed E-state index contributed by atoms with van der Waals surface area (Å²) in [5.74, 6) is -1.14. The fraction of sp³-hybridized carbons (Fsp3) is 0.294. The molecule has 0 aliphatic carbocycles. The molecule has 8 nitrogen and oxygen atoms in total. The molecule has 0 radical (unpaired) electrons. The molecule has 1 aromatic carbocycles. The van der Waals surface area contributed by atoms with Gasteiger partial charge in [-0.1, -0.05) is 12.1 Å². The first-order valence-electron chi connectivity index (χ1n) is 7.49. The lowest BCUT2D eigenvalue weighted by atomic mass is 10.1. The summed E-state index contributed by atoms with van der Waals surface area (Å²) >= 11 is 0. The first kappa shape index (κ1) is 18.2. The van der Waals surface area contributed by atoms with Gasteiger partial charge in [0.05, 0.1) is 4.92 Å². The molecule has 0 fully saturated rings. The van der Waals surface area contributed by atoms with Crippen LogP contribution >= 0.6 is 0 Å². The third kappa shape index (κ3) is 4.23. The number of nitrogens with zero attached hydrogens (tertiary/aromatic N) is 2. The average molecular weight is 346 g/mol. The number of aryl methyl sites for hydroxylation is 1. The molecule has 0 saturated heterocycles. The van der Waals surface area contributed by atoms with Crippen LogP contribution in [0.1, 0.15) is 21.7 Å². The van der Waals surface area contributed by atoms with Gasteiger partial charge in [0.2, 0.25) is 5.78 Å². The highest BCUT2D eigenvalue weighted by molar-refractivity contribution is 5.99. The maximum absolute atomic E-state index is 12.1. The highest BCUT2D eigenvalue weighted by Gasteiger charge is 2.18. The molecule has 0 unspecified atom stereocenters. The van der Waals surface area contributed by atoms with Crippen LogP contribution in [0.25, 0.3) is 0 Å². The van der Waals surface area contributed by atoms with E-state index in [-0.39, 0.29) is 17.2 Å². The number of nitro benzene ring substituents is 1. The Morgan fingerprint density at radius 1 is 1.20 bits per heavy atom. The summed E-state index contributed by atoms with van der Waals surface area (Å²) in [5, 5.41) is 10.9. The van der Waals surface area contributed by atoms with Crippen molar-refractivity contribution in [1.82, 2.24) is 4.57 Å². The largest absolute Gasteiger partial charge is 0.475 e. The lowest BCUT2D eigenvalue weighted by Crippen LogP contribution is -2.20. The number of carbonyl (C=O) groups is 2. The van der Waals surface area contributed by atoms with Gasteiger partial charge < -0.3 is 14.0 Å². The smallest absolute Gasteiger partial charge is 0.344 e. The van der Waals surface area contributed by atoms with E-state index < -0.39 is 24.1 Å². The van der Waals surface area contributed by atoms with Crippen LogP contribution in [0.5, 0.6) is 5.75 Å². The van der Waals surface area contributed by atoms with Gasteiger partial charge in [0.15, 0.2) is 19.0 Å². The van der Waals surface area contributed by atoms with Crippen molar-refractivity contribution in [3.8, 4) is 5.75 Å². The molecule has 1 heterocycles. The molecular formula is C17H18N2O6. The molecule has 1 aromatic heterocycles. The molecule has 8 heteroatoms. The fourth-order valence-electron chi connectivity index (χ4n) is 2.27. The van der Waals surface area contributed by atoms with Crippen molar-refractivity contribution in [2.24, 2.45) is 7.05 Å². The van der Waals surface area contributed by atoms with Crippen LogP contribution in [0.15, 0.2) is 30.3 Å². The molecule has 0 N–H and O–H groups in total. The van der Waals surface area contributed by atoms with E-state index >= 15 is 0 Å². The van der Waals surface area contributed by atoms with Crippen LogP contribution in [0, 0.1) is 24.0 Å². The lowest BCUT2D eigenvalue weighted by Gasteiger charge is -2.07. The minimum Gasteiger partial charge on any atom is -0.475 e. The number of para-hydroxylation sites is 2. The number of ketones is 1. The number of aromatic nitrogens is 1. The third-order valence-electron chi connectivity index (χ3n) is 3.85. The summed E-state index contributed by atoms with van der Waals surface area (Å²) in [7, 11) is 1.84. The molecule has 0 aliphatic rings. The molecule has 2 rings (SSSR count). The minimum absolute atomic E-state index is 0.0368. The van der Waals surface area contributed by atoms with Crippen molar-refractivity contribution in [2.45, 2.75) is 13.8 Å². The van der Waals surface area contributed by atoms with Gasteiger partial charge in [-0.25, -0.2) is 4.79 Å².